The molecule has 5 heteroatoms. The molecule has 0 saturated heterocycles. The number of rotatable bonds is 6. The van der Waals surface area contributed by atoms with Crippen LogP contribution in [0, 0.1) is 5.92 Å². The second-order valence-corrected chi connectivity index (χ2v) is 4.33. The van der Waals surface area contributed by atoms with E-state index in [2.05, 4.69) is 17.1 Å². The Morgan fingerprint density at radius 2 is 2.31 bits per heavy atom. The molecule has 0 aliphatic heterocycles. The predicted octanol–water partition coefficient (Wildman–Crippen LogP) is 1.62. The van der Waals surface area contributed by atoms with Crippen LogP contribution >= 0.6 is 0 Å². The van der Waals surface area contributed by atoms with Crippen molar-refractivity contribution in [2.75, 3.05) is 13.7 Å². The van der Waals surface area contributed by atoms with E-state index in [9.17, 15) is 0 Å². The van der Waals surface area contributed by atoms with Crippen molar-refractivity contribution in [2.45, 2.75) is 38.2 Å². The van der Waals surface area contributed by atoms with E-state index in [4.69, 9.17) is 15.0 Å². The molecule has 2 rings (SSSR count). The standard InChI is InChI=1S/C11H19N3O2/c1-3-7(6-12)11-13-10(14-16-11)9(15-2)8-4-5-8/h7-9H,3-6,12H2,1-2H3. The Bertz CT molecular complexity index is 332. The van der Waals surface area contributed by atoms with Gasteiger partial charge in [-0.25, -0.2) is 0 Å². The van der Waals surface area contributed by atoms with Crippen molar-refractivity contribution in [3.05, 3.63) is 11.7 Å². The van der Waals surface area contributed by atoms with E-state index >= 15 is 0 Å². The molecule has 2 N–H and O–H groups in total. The van der Waals surface area contributed by atoms with Crippen LogP contribution < -0.4 is 5.73 Å². The Morgan fingerprint density at radius 1 is 1.56 bits per heavy atom. The topological polar surface area (TPSA) is 74.2 Å². The van der Waals surface area contributed by atoms with Crippen LogP contribution in [0.2, 0.25) is 0 Å². The van der Waals surface area contributed by atoms with Gasteiger partial charge in [-0.15, -0.1) is 0 Å². The van der Waals surface area contributed by atoms with Gasteiger partial charge in [0.2, 0.25) is 11.7 Å². The number of methoxy groups -OCH3 is 1. The van der Waals surface area contributed by atoms with Crippen molar-refractivity contribution in [2.24, 2.45) is 11.7 Å². The highest BCUT2D eigenvalue weighted by atomic mass is 16.5. The van der Waals surface area contributed by atoms with Crippen LogP contribution in [0.4, 0.5) is 0 Å². The van der Waals surface area contributed by atoms with Gasteiger partial charge in [-0.3, -0.25) is 0 Å². The minimum Gasteiger partial charge on any atom is -0.373 e. The summed E-state index contributed by atoms with van der Waals surface area (Å²) in [4.78, 5) is 4.40. The highest BCUT2D eigenvalue weighted by Crippen LogP contribution is 2.42. The van der Waals surface area contributed by atoms with E-state index in [1.807, 2.05) is 0 Å². The summed E-state index contributed by atoms with van der Waals surface area (Å²) in [6, 6.07) is 0. The predicted molar refractivity (Wildman–Crippen MR) is 58.9 cm³/mol. The summed E-state index contributed by atoms with van der Waals surface area (Å²) in [6.45, 7) is 2.61. The maximum Gasteiger partial charge on any atom is 0.231 e. The molecule has 1 fully saturated rings. The van der Waals surface area contributed by atoms with Gasteiger partial charge in [-0.2, -0.15) is 4.98 Å². The Morgan fingerprint density at radius 3 is 2.81 bits per heavy atom. The zero-order valence-electron chi connectivity index (χ0n) is 9.85. The number of hydrogen-bond donors (Lipinski definition) is 1. The minimum atomic E-state index is -0.00668. The van der Waals surface area contributed by atoms with E-state index < -0.39 is 0 Å². The van der Waals surface area contributed by atoms with E-state index in [1.54, 1.807) is 7.11 Å². The number of ether oxygens (including phenoxy) is 1. The van der Waals surface area contributed by atoms with Crippen LogP contribution in [0.25, 0.3) is 0 Å². The lowest BCUT2D eigenvalue weighted by atomic mass is 10.1. The van der Waals surface area contributed by atoms with Gasteiger partial charge in [0, 0.05) is 13.7 Å². The molecule has 0 bridgehead atoms. The van der Waals surface area contributed by atoms with Crippen molar-refractivity contribution in [3.8, 4) is 0 Å². The number of hydrogen-bond acceptors (Lipinski definition) is 5. The SMILES string of the molecule is CCC(CN)c1nc(C(OC)C2CC2)no1. The van der Waals surface area contributed by atoms with E-state index in [1.165, 1.54) is 12.8 Å². The van der Waals surface area contributed by atoms with Crippen LogP contribution in [-0.4, -0.2) is 23.8 Å². The van der Waals surface area contributed by atoms with Gasteiger partial charge < -0.3 is 15.0 Å². The third kappa shape index (κ3) is 2.25. The second kappa shape index (κ2) is 4.93. The van der Waals surface area contributed by atoms with E-state index in [-0.39, 0.29) is 12.0 Å². The van der Waals surface area contributed by atoms with Gasteiger partial charge in [-0.1, -0.05) is 12.1 Å². The molecular formula is C11H19N3O2. The van der Waals surface area contributed by atoms with Crippen molar-refractivity contribution >= 4 is 0 Å². The molecule has 16 heavy (non-hydrogen) atoms. The lowest BCUT2D eigenvalue weighted by Gasteiger charge is -2.08. The smallest absolute Gasteiger partial charge is 0.231 e. The normalized spacial score (nSPS) is 19.7. The van der Waals surface area contributed by atoms with Gasteiger partial charge in [0.15, 0.2) is 0 Å². The average Bonchev–Trinajstić information content (AvgIpc) is 3.01. The molecule has 5 nitrogen and oxygen atoms in total. The van der Waals surface area contributed by atoms with Crippen LogP contribution in [-0.2, 0) is 4.74 Å². The summed E-state index contributed by atoms with van der Waals surface area (Å²) in [6.07, 6.45) is 3.29. The Hall–Kier alpha value is -0.940. The Kier molecular flexibility index (Phi) is 3.56. The zero-order valence-corrected chi connectivity index (χ0v) is 9.85. The molecule has 2 unspecified atom stereocenters. The summed E-state index contributed by atoms with van der Waals surface area (Å²) >= 11 is 0. The first-order valence-electron chi connectivity index (χ1n) is 5.86. The molecule has 0 aromatic carbocycles. The van der Waals surface area contributed by atoms with Crippen LogP contribution in [0.5, 0.6) is 0 Å². The number of nitrogens with two attached hydrogens (primary N) is 1. The molecule has 1 aromatic heterocycles. The third-order valence-electron chi connectivity index (χ3n) is 3.14. The molecule has 2 atom stereocenters. The van der Waals surface area contributed by atoms with Crippen molar-refractivity contribution in [1.29, 1.82) is 0 Å². The summed E-state index contributed by atoms with van der Waals surface area (Å²) in [5.41, 5.74) is 5.65. The van der Waals surface area contributed by atoms with Crippen molar-refractivity contribution < 1.29 is 9.26 Å². The summed E-state index contributed by atoms with van der Waals surface area (Å²) < 4.78 is 10.7. The van der Waals surface area contributed by atoms with Gasteiger partial charge in [0.25, 0.3) is 0 Å². The lowest BCUT2D eigenvalue weighted by Crippen LogP contribution is -2.12. The van der Waals surface area contributed by atoms with Crippen LogP contribution in [0.15, 0.2) is 4.52 Å². The maximum absolute atomic E-state index is 5.65. The maximum atomic E-state index is 5.65. The van der Waals surface area contributed by atoms with Crippen molar-refractivity contribution in [1.82, 2.24) is 10.1 Å². The molecule has 0 radical (unpaired) electrons. The first kappa shape index (κ1) is 11.5. The van der Waals surface area contributed by atoms with Crippen molar-refractivity contribution in [3.63, 3.8) is 0 Å². The fourth-order valence-electron chi connectivity index (χ4n) is 1.88. The summed E-state index contributed by atoms with van der Waals surface area (Å²) in [5, 5.41) is 4.00. The second-order valence-electron chi connectivity index (χ2n) is 4.33. The monoisotopic (exact) mass is 225 g/mol. The molecule has 0 amide bonds. The molecule has 1 aliphatic carbocycles. The first-order valence-corrected chi connectivity index (χ1v) is 5.86. The molecule has 1 aliphatic rings. The molecule has 1 aromatic rings. The molecular weight excluding hydrogens is 206 g/mol. The highest BCUT2D eigenvalue weighted by Gasteiger charge is 2.36. The molecule has 1 heterocycles. The van der Waals surface area contributed by atoms with Crippen LogP contribution in [0.1, 0.15) is 49.9 Å². The average molecular weight is 225 g/mol. The largest absolute Gasteiger partial charge is 0.373 e. The lowest BCUT2D eigenvalue weighted by molar-refractivity contribution is 0.0751. The van der Waals surface area contributed by atoms with Gasteiger partial charge >= 0.3 is 0 Å². The number of aromatic nitrogens is 2. The van der Waals surface area contributed by atoms with Crippen LogP contribution in [0.3, 0.4) is 0 Å². The van der Waals surface area contributed by atoms with E-state index in [0.717, 1.165) is 6.42 Å². The fraction of sp³-hybridized carbons (Fsp3) is 0.818. The van der Waals surface area contributed by atoms with Gasteiger partial charge in [0.1, 0.15) is 6.10 Å². The fourth-order valence-corrected chi connectivity index (χ4v) is 1.88. The quantitative estimate of drug-likeness (QED) is 0.796. The highest BCUT2D eigenvalue weighted by molar-refractivity contribution is 5.01. The minimum absolute atomic E-state index is 0.00668. The number of nitrogens with zero attached hydrogens (tertiary/aromatic N) is 2. The van der Waals surface area contributed by atoms with E-state index in [0.29, 0.717) is 24.2 Å². The molecule has 90 valence electrons. The summed E-state index contributed by atoms with van der Waals surface area (Å²) in [5.74, 6) is 2.04. The zero-order chi connectivity index (χ0) is 11.5. The first-order chi connectivity index (χ1) is 7.80. The third-order valence-corrected chi connectivity index (χ3v) is 3.14. The Labute approximate surface area is 95.3 Å². The Balaban J connectivity index is 2.10. The summed E-state index contributed by atoms with van der Waals surface area (Å²) in [7, 11) is 1.69. The van der Waals surface area contributed by atoms with Gasteiger partial charge in [-0.05, 0) is 25.2 Å². The molecule has 0 spiro atoms. The van der Waals surface area contributed by atoms with Gasteiger partial charge in [0.05, 0.1) is 5.92 Å². The molecule has 1 saturated carbocycles.